The van der Waals surface area contributed by atoms with Crippen molar-refractivity contribution in [1.29, 1.82) is 0 Å². The van der Waals surface area contributed by atoms with Gasteiger partial charge in [-0.1, -0.05) is 290 Å². The summed E-state index contributed by atoms with van der Waals surface area (Å²) in [6.45, 7) is 30.9. The van der Waals surface area contributed by atoms with E-state index in [2.05, 4.69) is 96.9 Å². The van der Waals surface area contributed by atoms with Gasteiger partial charge in [-0.05, 0) is 70.0 Å². The van der Waals surface area contributed by atoms with Crippen molar-refractivity contribution in [2.45, 2.75) is 324 Å². The van der Waals surface area contributed by atoms with Crippen LogP contribution in [0.15, 0.2) is 24.3 Å². The van der Waals surface area contributed by atoms with Crippen LogP contribution in [0.3, 0.4) is 0 Å². The molecule has 0 N–H and O–H groups in total. The Balaban J connectivity index is 2.03. The molecule has 0 aliphatic carbocycles. The number of hydrogen-bond acceptors (Lipinski definition) is 6. The van der Waals surface area contributed by atoms with Crippen LogP contribution in [-0.2, 0) is 31.1 Å². The summed E-state index contributed by atoms with van der Waals surface area (Å²) < 4.78 is 25.4. The summed E-state index contributed by atoms with van der Waals surface area (Å²) in [5, 5.41) is 0. The SMILES string of the molecule is CCCCCCCCCCCCCCCCCCOC(=O)c1cc(C(C)(C)C)c(OP(Cl)Oc2c(C(C)(C)C)cc(C(=O)OCCCCCCCCCCCCCCCCCC)cc2C(C)(C)C)c(C(C)(C)C)c1. The molecule has 0 bridgehead atoms. The molecule has 2 aromatic carbocycles. The third kappa shape index (κ3) is 28.4. The normalized spacial score (nSPS) is 12.4. The molecule has 0 saturated heterocycles. The number of ether oxygens (including phenoxy) is 2. The molecule has 0 atom stereocenters. The van der Waals surface area contributed by atoms with Gasteiger partial charge in [-0.25, -0.2) is 9.59 Å². The zero-order valence-corrected chi connectivity index (χ0v) is 52.3. The molecule has 0 radical (unpaired) electrons. The third-order valence-corrected chi connectivity index (χ3v) is 15.7. The highest BCUT2D eigenvalue weighted by Gasteiger charge is 2.35. The molecule has 0 unspecified atom stereocenters. The van der Waals surface area contributed by atoms with Crippen molar-refractivity contribution in [2.75, 3.05) is 13.2 Å². The van der Waals surface area contributed by atoms with Gasteiger partial charge in [-0.2, -0.15) is 0 Å². The molecule has 0 heterocycles. The maximum absolute atomic E-state index is 13.7. The van der Waals surface area contributed by atoms with Crippen LogP contribution in [0.1, 0.15) is 345 Å². The lowest BCUT2D eigenvalue weighted by atomic mass is 9.78. The number of esters is 2. The summed E-state index contributed by atoms with van der Waals surface area (Å²) in [4.78, 5) is 27.5. The molecule has 0 saturated carbocycles. The second-order valence-electron chi connectivity index (χ2n) is 26.1. The molecule has 0 aromatic heterocycles. The summed E-state index contributed by atoms with van der Waals surface area (Å²) in [5.74, 6) is 0.631. The first kappa shape index (κ1) is 67.8. The predicted molar refractivity (Wildman–Crippen MR) is 321 cm³/mol. The number of rotatable bonds is 40. The molecule has 0 aliphatic heterocycles. The number of carbonyl (C=O) groups excluding carboxylic acids is 2. The molecule has 0 fully saturated rings. The topological polar surface area (TPSA) is 71.1 Å². The molecule has 426 valence electrons. The minimum absolute atomic E-state index is 0.314. The molecule has 0 amide bonds. The molecular weight excluding hydrogens is 955 g/mol. The van der Waals surface area contributed by atoms with E-state index in [1.54, 1.807) is 0 Å². The van der Waals surface area contributed by atoms with Gasteiger partial charge in [0.05, 0.1) is 24.3 Å². The Morgan fingerprint density at radius 3 is 0.730 bits per heavy atom. The standard InChI is InChI=1S/C66H114ClO6P/c1-15-17-19-21-23-25-27-29-31-33-35-37-39-41-43-45-47-70-61(68)53-49-55(63(3,4)5)59(56(50-53)64(6,7)8)72-74(67)73-60-57(65(9,10)11)51-54(52-58(60)66(12,13)14)62(69)71-48-46-44-42-40-38-36-34-32-30-28-26-24-22-20-18-16-2/h49-52H,15-48H2,1-14H3. The van der Waals surface area contributed by atoms with Crippen molar-refractivity contribution in [3.05, 3.63) is 57.6 Å². The van der Waals surface area contributed by atoms with Crippen LogP contribution in [0.4, 0.5) is 0 Å². The van der Waals surface area contributed by atoms with Gasteiger partial charge < -0.3 is 18.5 Å². The first-order valence-corrected chi connectivity index (χ1v) is 32.6. The van der Waals surface area contributed by atoms with Crippen LogP contribution in [0.25, 0.3) is 0 Å². The fourth-order valence-corrected chi connectivity index (χ4v) is 11.0. The predicted octanol–water partition coefficient (Wildman–Crippen LogP) is 22.6. The largest absolute Gasteiger partial charge is 0.462 e. The number of benzene rings is 2. The van der Waals surface area contributed by atoms with Crippen LogP contribution in [0, 0.1) is 0 Å². The fraction of sp³-hybridized carbons (Fsp3) is 0.788. The second kappa shape index (κ2) is 36.7. The van der Waals surface area contributed by atoms with Crippen LogP contribution < -0.4 is 9.05 Å². The van der Waals surface area contributed by atoms with Crippen molar-refractivity contribution in [3.8, 4) is 11.5 Å². The van der Waals surface area contributed by atoms with Gasteiger partial charge in [0.1, 0.15) is 11.5 Å². The average Bonchev–Trinajstić information content (AvgIpc) is 3.31. The van der Waals surface area contributed by atoms with E-state index in [1.807, 2.05) is 24.3 Å². The molecular formula is C66H114ClO6P. The van der Waals surface area contributed by atoms with Gasteiger partial charge in [0.25, 0.3) is 0 Å². The molecule has 8 heteroatoms. The van der Waals surface area contributed by atoms with E-state index < -0.39 is 29.4 Å². The first-order chi connectivity index (χ1) is 35.0. The van der Waals surface area contributed by atoms with E-state index in [0.29, 0.717) is 35.8 Å². The zero-order chi connectivity index (χ0) is 55.0. The Hall–Kier alpha value is -2.30. The molecule has 2 rings (SSSR count). The van der Waals surface area contributed by atoms with Crippen molar-refractivity contribution in [3.63, 3.8) is 0 Å². The molecule has 6 nitrogen and oxygen atoms in total. The molecule has 0 aliphatic rings. The Morgan fingerprint density at radius 2 is 0.541 bits per heavy atom. The van der Waals surface area contributed by atoms with E-state index in [9.17, 15) is 9.59 Å². The van der Waals surface area contributed by atoms with Gasteiger partial charge in [-0.3, -0.25) is 0 Å². The van der Waals surface area contributed by atoms with E-state index in [0.717, 1.165) is 47.9 Å². The lowest BCUT2D eigenvalue weighted by molar-refractivity contribution is 0.0488. The van der Waals surface area contributed by atoms with E-state index >= 15 is 0 Å². The minimum atomic E-state index is -2.05. The smallest absolute Gasteiger partial charge is 0.401 e. The van der Waals surface area contributed by atoms with E-state index in [4.69, 9.17) is 29.8 Å². The first-order valence-electron chi connectivity index (χ1n) is 30.6. The monoisotopic (exact) mass is 1070 g/mol. The number of unbranched alkanes of at least 4 members (excludes halogenated alkanes) is 30. The Labute approximate surface area is 463 Å². The fourth-order valence-electron chi connectivity index (χ4n) is 9.88. The van der Waals surface area contributed by atoms with Gasteiger partial charge >= 0.3 is 19.7 Å². The lowest BCUT2D eigenvalue weighted by Crippen LogP contribution is -2.22. The molecule has 74 heavy (non-hydrogen) atoms. The summed E-state index contributed by atoms with van der Waals surface area (Å²) >= 11 is 7.25. The zero-order valence-electron chi connectivity index (χ0n) is 50.6. The maximum Gasteiger partial charge on any atom is 0.401 e. The van der Waals surface area contributed by atoms with Crippen molar-refractivity contribution in [1.82, 2.24) is 0 Å². The van der Waals surface area contributed by atoms with Crippen molar-refractivity contribution >= 4 is 30.9 Å². The lowest BCUT2D eigenvalue weighted by Gasteiger charge is -2.33. The van der Waals surface area contributed by atoms with Crippen molar-refractivity contribution < 1.29 is 28.1 Å². The Kier molecular flexibility index (Phi) is 33.7. The summed E-state index contributed by atoms with van der Waals surface area (Å²) in [7, 11) is -2.05. The Bertz CT molecular complexity index is 1630. The Morgan fingerprint density at radius 1 is 0.351 bits per heavy atom. The van der Waals surface area contributed by atoms with Crippen LogP contribution in [0.5, 0.6) is 11.5 Å². The average molecular weight is 1070 g/mol. The quantitative estimate of drug-likeness (QED) is 0.0376. The van der Waals surface area contributed by atoms with Crippen LogP contribution in [-0.4, -0.2) is 25.2 Å². The summed E-state index contributed by atoms with van der Waals surface area (Å²) in [6, 6.07) is 7.68. The van der Waals surface area contributed by atoms with Crippen LogP contribution >= 0.6 is 19.0 Å². The number of carbonyl (C=O) groups is 2. The van der Waals surface area contributed by atoms with Gasteiger partial charge in [0.15, 0.2) is 0 Å². The number of hydrogen-bond donors (Lipinski definition) is 0. The number of halogens is 1. The summed E-state index contributed by atoms with van der Waals surface area (Å²) in [5.41, 5.74) is 2.92. The molecule has 0 spiro atoms. The highest BCUT2D eigenvalue weighted by Crippen LogP contribution is 2.54. The van der Waals surface area contributed by atoms with Gasteiger partial charge in [-0.15, -0.1) is 0 Å². The van der Waals surface area contributed by atoms with Crippen molar-refractivity contribution in [2.24, 2.45) is 0 Å². The minimum Gasteiger partial charge on any atom is -0.462 e. The van der Waals surface area contributed by atoms with E-state index in [1.165, 1.54) is 180 Å². The summed E-state index contributed by atoms with van der Waals surface area (Å²) in [6.07, 6.45) is 41.7. The third-order valence-electron chi connectivity index (χ3n) is 14.7. The highest BCUT2D eigenvalue weighted by atomic mass is 35.7. The molecule has 2 aromatic rings. The van der Waals surface area contributed by atoms with Crippen LogP contribution in [0.2, 0.25) is 0 Å². The highest BCUT2D eigenvalue weighted by molar-refractivity contribution is 7.76. The van der Waals surface area contributed by atoms with Gasteiger partial charge in [0.2, 0.25) is 0 Å². The maximum atomic E-state index is 13.7. The second-order valence-corrected chi connectivity index (χ2v) is 27.7. The van der Waals surface area contributed by atoms with Gasteiger partial charge in [0, 0.05) is 22.3 Å². The van der Waals surface area contributed by atoms with E-state index in [-0.39, 0.29) is 11.9 Å².